The monoisotopic (exact) mass is 238 g/mol. The molecule has 0 bridgehead atoms. The molecule has 0 N–H and O–H groups in total. The van der Waals surface area contributed by atoms with Crippen LogP contribution in [0.4, 0.5) is 0 Å². The summed E-state index contributed by atoms with van der Waals surface area (Å²) in [5.74, 6) is 3.32. The molecule has 0 fully saturated rings. The first kappa shape index (κ1) is 12.6. The fourth-order valence-electron chi connectivity index (χ4n) is 1.04. The molecule has 0 aliphatic carbocycles. The van der Waals surface area contributed by atoms with Gasteiger partial charge in [0, 0.05) is 10.8 Å². The summed E-state index contributed by atoms with van der Waals surface area (Å²) in [6, 6.07) is 7.00. The molecule has 0 aliphatic rings. The summed E-state index contributed by atoms with van der Waals surface area (Å²) < 4.78 is 27.1. The Morgan fingerprint density at radius 2 is 1.75 bits per heavy atom. The number of hydrogen-bond donors (Lipinski definition) is 0. The van der Waals surface area contributed by atoms with Crippen molar-refractivity contribution in [2.75, 3.05) is 6.26 Å². The molecule has 0 saturated heterocycles. The van der Waals surface area contributed by atoms with Crippen LogP contribution < -0.4 is 4.74 Å². The highest BCUT2D eigenvalue weighted by Crippen LogP contribution is 2.13. The molecule has 1 rings (SSSR count). The minimum atomic E-state index is -3.24. The zero-order chi connectivity index (χ0) is 12.2. The largest absolute Gasteiger partial charge is 0.491 e. The molecule has 0 unspecified atom stereocenters. The average Bonchev–Trinajstić information content (AvgIpc) is 2.14. The normalized spacial score (nSPS) is 10.8. The molecule has 16 heavy (non-hydrogen) atoms. The summed E-state index contributed by atoms with van der Waals surface area (Å²) in [7, 11) is -3.24. The van der Waals surface area contributed by atoms with Crippen molar-refractivity contribution in [3.63, 3.8) is 0 Å². The Hall–Kier alpha value is -1.47. The second-order valence-electron chi connectivity index (χ2n) is 3.69. The molecule has 0 spiro atoms. The quantitative estimate of drug-likeness (QED) is 0.738. The van der Waals surface area contributed by atoms with Gasteiger partial charge in [-0.15, -0.1) is 0 Å². The molecule has 86 valence electrons. The van der Waals surface area contributed by atoms with Crippen molar-refractivity contribution in [2.45, 2.75) is 20.0 Å². The Morgan fingerprint density at radius 1 is 1.19 bits per heavy atom. The first-order chi connectivity index (χ1) is 7.37. The lowest BCUT2D eigenvalue weighted by atomic mass is 10.2. The summed E-state index contributed by atoms with van der Waals surface area (Å²) in [6.45, 7) is 3.88. The van der Waals surface area contributed by atoms with Gasteiger partial charge in [-0.2, -0.15) is 0 Å². The number of ether oxygens (including phenoxy) is 1. The fraction of sp³-hybridized carbons (Fsp3) is 0.333. The third-order valence-electron chi connectivity index (χ3n) is 1.61. The minimum Gasteiger partial charge on any atom is -0.491 e. The van der Waals surface area contributed by atoms with Gasteiger partial charge in [-0.25, -0.2) is 8.42 Å². The van der Waals surface area contributed by atoms with Crippen LogP contribution in [0.3, 0.4) is 0 Å². The zero-order valence-electron chi connectivity index (χ0n) is 9.52. The number of rotatable bonds is 2. The maximum absolute atomic E-state index is 10.8. The Bertz CT molecular complexity index is 501. The van der Waals surface area contributed by atoms with Crippen LogP contribution in [0.15, 0.2) is 24.3 Å². The summed E-state index contributed by atoms with van der Waals surface area (Å²) in [6.07, 6.45) is 1.20. The average molecular weight is 238 g/mol. The number of sulfone groups is 1. The van der Waals surface area contributed by atoms with Gasteiger partial charge in [0.25, 0.3) is 0 Å². The smallest absolute Gasteiger partial charge is 0.214 e. The van der Waals surface area contributed by atoms with E-state index >= 15 is 0 Å². The van der Waals surface area contributed by atoms with Gasteiger partial charge >= 0.3 is 0 Å². The van der Waals surface area contributed by atoms with Crippen molar-refractivity contribution in [1.29, 1.82) is 0 Å². The van der Waals surface area contributed by atoms with Gasteiger partial charge < -0.3 is 4.74 Å². The third-order valence-corrected chi connectivity index (χ3v) is 2.08. The highest BCUT2D eigenvalue weighted by molar-refractivity contribution is 7.95. The van der Waals surface area contributed by atoms with Crippen LogP contribution in [-0.4, -0.2) is 20.8 Å². The summed E-state index contributed by atoms with van der Waals surface area (Å²) in [5.41, 5.74) is 0.654. The van der Waals surface area contributed by atoms with E-state index < -0.39 is 9.84 Å². The minimum absolute atomic E-state index is 0.118. The zero-order valence-corrected chi connectivity index (χ0v) is 10.3. The highest BCUT2D eigenvalue weighted by atomic mass is 32.2. The van der Waals surface area contributed by atoms with Gasteiger partial charge in [-0.3, -0.25) is 0 Å². The van der Waals surface area contributed by atoms with Crippen LogP contribution in [-0.2, 0) is 9.84 Å². The summed E-state index contributed by atoms with van der Waals surface area (Å²) in [5, 5.41) is 2.18. The van der Waals surface area contributed by atoms with E-state index in [-0.39, 0.29) is 6.10 Å². The molecule has 0 heterocycles. The van der Waals surface area contributed by atoms with E-state index in [9.17, 15) is 8.42 Å². The molecular weight excluding hydrogens is 224 g/mol. The Balaban J connectivity index is 2.82. The first-order valence-electron chi connectivity index (χ1n) is 4.86. The summed E-state index contributed by atoms with van der Waals surface area (Å²) in [4.78, 5) is 0. The van der Waals surface area contributed by atoms with E-state index in [4.69, 9.17) is 4.74 Å². The van der Waals surface area contributed by atoms with Crippen LogP contribution in [0.25, 0.3) is 0 Å². The Labute approximate surface area is 96.4 Å². The maximum atomic E-state index is 10.8. The summed E-state index contributed by atoms with van der Waals surface area (Å²) >= 11 is 0. The fourth-order valence-corrected chi connectivity index (χ4v) is 1.34. The molecule has 0 amide bonds. The predicted octanol–water partition coefficient (Wildman–Crippen LogP) is 1.83. The van der Waals surface area contributed by atoms with E-state index in [1.54, 1.807) is 24.3 Å². The molecule has 0 aliphatic heterocycles. The Kier molecular flexibility index (Phi) is 3.97. The Morgan fingerprint density at radius 3 is 2.19 bits per heavy atom. The molecule has 0 radical (unpaired) electrons. The lowest BCUT2D eigenvalue weighted by Crippen LogP contribution is -2.05. The van der Waals surface area contributed by atoms with E-state index in [0.29, 0.717) is 5.56 Å². The molecular formula is C12H14O3S. The molecule has 3 nitrogen and oxygen atoms in total. The SMILES string of the molecule is CC(C)Oc1ccc(C#CS(C)(=O)=O)cc1. The molecule has 4 heteroatoms. The van der Waals surface area contributed by atoms with Crippen molar-refractivity contribution in [2.24, 2.45) is 0 Å². The van der Waals surface area contributed by atoms with Gasteiger partial charge in [-0.1, -0.05) is 5.92 Å². The van der Waals surface area contributed by atoms with E-state index in [1.807, 2.05) is 13.8 Å². The molecule has 1 aromatic carbocycles. The second-order valence-corrected chi connectivity index (χ2v) is 5.44. The van der Waals surface area contributed by atoms with Gasteiger partial charge in [0.15, 0.2) is 0 Å². The van der Waals surface area contributed by atoms with Crippen LogP contribution in [0.1, 0.15) is 19.4 Å². The lowest BCUT2D eigenvalue weighted by molar-refractivity contribution is 0.242. The molecule has 0 saturated carbocycles. The molecule has 0 atom stereocenters. The second kappa shape index (κ2) is 5.04. The van der Waals surface area contributed by atoms with Gasteiger partial charge in [0.05, 0.1) is 12.4 Å². The van der Waals surface area contributed by atoms with E-state index in [2.05, 4.69) is 11.2 Å². The van der Waals surface area contributed by atoms with Crippen molar-refractivity contribution in [3.05, 3.63) is 29.8 Å². The van der Waals surface area contributed by atoms with Crippen LogP contribution in [0.5, 0.6) is 5.75 Å². The van der Waals surface area contributed by atoms with E-state index in [1.165, 1.54) is 0 Å². The van der Waals surface area contributed by atoms with Crippen molar-refractivity contribution >= 4 is 9.84 Å². The highest BCUT2D eigenvalue weighted by Gasteiger charge is 1.97. The standard InChI is InChI=1S/C12H14O3S/c1-10(2)15-12-6-4-11(5-7-12)8-9-16(3,13)14/h4-7,10H,1-3H3. The van der Waals surface area contributed by atoms with E-state index in [0.717, 1.165) is 12.0 Å². The first-order valence-corrected chi connectivity index (χ1v) is 6.75. The van der Waals surface area contributed by atoms with Crippen LogP contribution in [0, 0.1) is 11.2 Å². The van der Waals surface area contributed by atoms with Gasteiger partial charge in [-0.05, 0) is 38.1 Å². The lowest BCUT2D eigenvalue weighted by Gasteiger charge is -2.08. The molecule has 0 aromatic heterocycles. The van der Waals surface area contributed by atoms with Crippen molar-refractivity contribution in [1.82, 2.24) is 0 Å². The van der Waals surface area contributed by atoms with Crippen molar-refractivity contribution < 1.29 is 13.2 Å². The number of hydrogen-bond acceptors (Lipinski definition) is 3. The van der Waals surface area contributed by atoms with Crippen LogP contribution in [0.2, 0.25) is 0 Å². The van der Waals surface area contributed by atoms with Crippen molar-refractivity contribution in [3.8, 4) is 16.9 Å². The maximum Gasteiger partial charge on any atom is 0.214 e. The van der Waals surface area contributed by atoms with Gasteiger partial charge in [0.1, 0.15) is 5.75 Å². The third kappa shape index (κ3) is 4.85. The topological polar surface area (TPSA) is 43.4 Å². The van der Waals surface area contributed by atoms with Gasteiger partial charge in [0.2, 0.25) is 9.84 Å². The van der Waals surface area contributed by atoms with Crippen LogP contribution >= 0.6 is 0 Å². The predicted molar refractivity (Wildman–Crippen MR) is 63.9 cm³/mol. The molecule has 1 aromatic rings. The number of benzene rings is 1.